The first-order chi connectivity index (χ1) is 29.2. The molecule has 0 aromatic carbocycles. The van der Waals surface area contributed by atoms with Gasteiger partial charge in [-0.05, 0) is 126 Å². The van der Waals surface area contributed by atoms with Gasteiger partial charge in [-0.1, -0.05) is 32.9 Å². The molecular weight excluding hydrogens is 826 g/mol. The average Bonchev–Trinajstić information content (AvgIpc) is 3.81. The molecule has 0 bridgehead atoms. The number of hydrogen-bond donors (Lipinski definition) is 4. The standard InChI is InChI=1S/C24H30F2O6.C24H31FO6/c1-20(2)31-19-9-13-14-8-16(25)15-7-12(28)5-6-21(15,3)23(14,26)17(29)10-22(13,4)24(19,32-20)18(30)11-27;1-21(2)30-19-9-14-13-8-16(25)15-7-12(27)5-6-22(15,3)20(13)17(28)10-23(14,4)24(19,31-21)18(29)11-26/h5-7,13-14,16-17,19,27,29H,8-11H2,1-4H3;5-7,13-14,16-17,19-20,26,28H,8-11H2,1-4H3/t13-,14-,16-,17-,19+,21-,22-,23-,24+;13-,14-,16-,17-,19+,20+,22-,23-,24+/m00/s1. The molecule has 0 amide bonds. The number of carbonyl (C=O) groups is 4. The quantitative estimate of drug-likeness (QED) is 0.307. The third-order valence-corrected chi connectivity index (χ3v) is 18.2. The molecule has 18 atom stereocenters. The third kappa shape index (κ3) is 5.57. The van der Waals surface area contributed by atoms with Crippen LogP contribution in [0.4, 0.5) is 13.2 Å². The molecule has 2 heterocycles. The normalized spacial score (nSPS) is 52.7. The van der Waals surface area contributed by atoms with Gasteiger partial charge in [0.2, 0.25) is 0 Å². The number of alkyl halides is 3. The highest BCUT2D eigenvalue weighted by molar-refractivity contribution is 6.02. The molecule has 0 aromatic heterocycles. The van der Waals surface area contributed by atoms with Crippen LogP contribution >= 0.6 is 0 Å². The van der Waals surface area contributed by atoms with Crippen LogP contribution in [0.3, 0.4) is 0 Å². The van der Waals surface area contributed by atoms with Crippen molar-refractivity contribution in [1.82, 2.24) is 0 Å². The Balaban J connectivity index is 0.000000160. The van der Waals surface area contributed by atoms with Gasteiger partial charge in [0.1, 0.15) is 25.6 Å². The van der Waals surface area contributed by atoms with E-state index in [4.69, 9.17) is 18.9 Å². The molecule has 6 saturated carbocycles. The van der Waals surface area contributed by atoms with Gasteiger partial charge in [0.05, 0.1) is 24.4 Å². The summed E-state index contributed by atoms with van der Waals surface area (Å²) in [6.45, 7) is 12.5. The number of Topliss-reactive ketones (excluding diaryl/α,β-unsaturated/α-hetero) is 2. The number of aliphatic hydroxyl groups is 4. The molecule has 0 aromatic rings. The number of ketones is 4. The van der Waals surface area contributed by atoms with Crippen molar-refractivity contribution in [1.29, 1.82) is 0 Å². The zero-order valence-corrected chi connectivity index (χ0v) is 37.2. The number of fused-ring (bicyclic) bond motifs is 14. The summed E-state index contributed by atoms with van der Waals surface area (Å²) in [6, 6.07) is 0. The van der Waals surface area contributed by atoms with E-state index >= 15 is 13.2 Å². The van der Waals surface area contributed by atoms with Crippen LogP contribution in [0.2, 0.25) is 0 Å². The van der Waals surface area contributed by atoms with E-state index in [9.17, 15) is 39.6 Å². The molecule has 10 aliphatic rings. The number of ether oxygens (including phenoxy) is 4. The maximum absolute atomic E-state index is 17.1. The summed E-state index contributed by atoms with van der Waals surface area (Å²) >= 11 is 0. The maximum atomic E-state index is 17.1. The van der Waals surface area contributed by atoms with E-state index in [1.807, 2.05) is 13.8 Å². The van der Waals surface area contributed by atoms with Crippen LogP contribution in [0.15, 0.2) is 47.6 Å². The minimum atomic E-state index is -2.24. The smallest absolute Gasteiger partial charge is 0.193 e. The second-order valence-corrected chi connectivity index (χ2v) is 22.0. The molecule has 0 radical (unpaired) electrons. The number of carbonyl (C=O) groups excluding carboxylic acids is 4. The molecule has 8 aliphatic carbocycles. The zero-order valence-electron chi connectivity index (χ0n) is 37.2. The number of rotatable bonds is 4. The third-order valence-electron chi connectivity index (χ3n) is 18.2. The van der Waals surface area contributed by atoms with Gasteiger partial charge in [-0.15, -0.1) is 0 Å². The minimum absolute atomic E-state index is 0.0550. The molecule has 63 heavy (non-hydrogen) atoms. The summed E-state index contributed by atoms with van der Waals surface area (Å²) in [5, 5.41) is 42.4. The largest absolute Gasteiger partial charge is 0.393 e. The van der Waals surface area contributed by atoms with Crippen molar-refractivity contribution in [2.45, 2.75) is 159 Å². The van der Waals surface area contributed by atoms with Crippen LogP contribution in [-0.2, 0) is 38.1 Å². The molecule has 2 aliphatic heterocycles. The first-order valence-corrected chi connectivity index (χ1v) is 22.4. The monoisotopic (exact) mass is 886 g/mol. The maximum Gasteiger partial charge on any atom is 0.193 e. The lowest BCUT2D eigenvalue weighted by atomic mass is 9.44. The van der Waals surface area contributed by atoms with Gasteiger partial charge in [-0.25, -0.2) is 13.2 Å². The lowest BCUT2D eigenvalue weighted by Gasteiger charge is -2.63. The van der Waals surface area contributed by atoms with E-state index < -0.39 is 129 Å². The van der Waals surface area contributed by atoms with Crippen LogP contribution < -0.4 is 0 Å². The Kier molecular flexibility index (Phi) is 9.94. The van der Waals surface area contributed by atoms with Crippen molar-refractivity contribution >= 4 is 23.1 Å². The SMILES string of the molecule is CC1(C)O[C@@H]2C[C@H]3[C@@H]4C[C@H](F)C5=CC(=O)C=C[C@]5(C)[C@@]4(F)[C@@H](O)C[C@]3(C)[C@]2(C(=O)CO)O1.CC1(C)O[C@@H]2C[C@H]3[C@@H]4C[C@H](F)C5=CC(=O)C=C[C@]5(C)[C@H]4[C@@H](O)C[C@]3(C)[C@]2(C(=O)CO)O1. The van der Waals surface area contributed by atoms with Crippen molar-refractivity contribution in [3.05, 3.63) is 47.6 Å². The Morgan fingerprint density at radius 2 is 1.17 bits per heavy atom. The summed E-state index contributed by atoms with van der Waals surface area (Å²) in [7, 11) is 0. The fourth-order valence-corrected chi connectivity index (χ4v) is 16.0. The Labute approximate surface area is 365 Å². The van der Waals surface area contributed by atoms with Crippen molar-refractivity contribution in [3.8, 4) is 0 Å². The number of hydrogen-bond acceptors (Lipinski definition) is 12. The van der Waals surface area contributed by atoms with Gasteiger partial charge >= 0.3 is 0 Å². The fourth-order valence-electron chi connectivity index (χ4n) is 16.0. The predicted octanol–water partition coefficient (Wildman–Crippen LogP) is 4.64. The minimum Gasteiger partial charge on any atom is -0.393 e. The molecule has 346 valence electrons. The first kappa shape index (κ1) is 45.3. The van der Waals surface area contributed by atoms with Crippen LogP contribution in [0.1, 0.15) is 93.9 Å². The molecule has 0 spiro atoms. The number of halogens is 3. The van der Waals surface area contributed by atoms with Gasteiger partial charge < -0.3 is 39.4 Å². The highest BCUT2D eigenvalue weighted by atomic mass is 19.1. The molecule has 2 saturated heterocycles. The van der Waals surface area contributed by atoms with E-state index in [1.165, 1.54) is 31.2 Å². The van der Waals surface area contributed by atoms with Gasteiger partial charge in [-0.3, -0.25) is 19.2 Å². The molecule has 15 heteroatoms. The van der Waals surface area contributed by atoms with Crippen molar-refractivity contribution < 1.29 is 71.7 Å². The van der Waals surface area contributed by atoms with Crippen LogP contribution in [-0.4, -0.2) is 122 Å². The van der Waals surface area contributed by atoms with Crippen molar-refractivity contribution in [2.24, 2.45) is 51.2 Å². The topological polar surface area (TPSA) is 186 Å². The Morgan fingerprint density at radius 3 is 1.73 bits per heavy atom. The van der Waals surface area contributed by atoms with Gasteiger partial charge in [0, 0.05) is 33.5 Å². The number of aliphatic hydroxyl groups excluding tert-OH is 4. The Bertz CT molecular complexity index is 2170. The van der Waals surface area contributed by atoms with E-state index in [1.54, 1.807) is 40.7 Å². The summed E-state index contributed by atoms with van der Waals surface area (Å²) in [5.74, 6) is -5.81. The second-order valence-electron chi connectivity index (χ2n) is 22.0. The second kappa shape index (κ2) is 13.8. The summed E-state index contributed by atoms with van der Waals surface area (Å²) in [6.07, 6.45) is 2.74. The number of allylic oxidation sites excluding steroid dienone is 8. The van der Waals surface area contributed by atoms with Crippen LogP contribution in [0.25, 0.3) is 0 Å². The molecule has 10 rings (SSSR count). The molecular formula is C48H61F3O12. The average molecular weight is 887 g/mol. The van der Waals surface area contributed by atoms with E-state index in [-0.39, 0.29) is 61.2 Å². The molecule has 4 N–H and O–H groups in total. The van der Waals surface area contributed by atoms with Crippen molar-refractivity contribution in [2.75, 3.05) is 13.2 Å². The summed E-state index contributed by atoms with van der Waals surface area (Å²) < 4.78 is 72.7. The van der Waals surface area contributed by atoms with Gasteiger partial charge in [-0.2, -0.15) is 0 Å². The molecule has 8 fully saturated rings. The van der Waals surface area contributed by atoms with E-state index in [0.717, 1.165) is 6.08 Å². The van der Waals surface area contributed by atoms with E-state index in [2.05, 4.69) is 0 Å². The Hall–Kier alpha value is -2.89. The summed E-state index contributed by atoms with van der Waals surface area (Å²) in [5.41, 5.74) is -8.80. The lowest BCUT2D eigenvalue weighted by Crippen LogP contribution is -2.71. The zero-order chi connectivity index (χ0) is 46.0. The lowest BCUT2D eigenvalue weighted by molar-refractivity contribution is -0.248. The highest BCUT2D eigenvalue weighted by Crippen LogP contribution is 2.73. The highest BCUT2D eigenvalue weighted by Gasteiger charge is 2.81. The van der Waals surface area contributed by atoms with Gasteiger partial charge in [0.15, 0.2) is 51.6 Å². The first-order valence-electron chi connectivity index (χ1n) is 22.4. The Morgan fingerprint density at radius 1 is 0.683 bits per heavy atom. The fraction of sp³-hybridized carbons (Fsp3) is 0.750. The summed E-state index contributed by atoms with van der Waals surface area (Å²) in [4.78, 5) is 50.2. The van der Waals surface area contributed by atoms with Crippen molar-refractivity contribution in [3.63, 3.8) is 0 Å². The van der Waals surface area contributed by atoms with E-state index in [0.29, 0.717) is 12.0 Å². The molecule has 12 nitrogen and oxygen atoms in total. The van der Waals surface area contributed by atoms with Crippen LogP contribution in [0, 0.1) is 51.2 Å². The predicted molar refractivity (Wildman–Crippen MR) is 217 cm³/mol. The molecule has 0 unspecified atom stereocenters. The van der Waals surface area contributed by atoms with Gasteiger partial charge in [0.25, 0.3) is 0 Å². The van der Waals surface area contributed by atoms with Crippen LogP contribution in [0.5, 0.6) is 0 Å².